The molecular weight excluding hydrogens is 766 g/mol. The smallest absolute Gasteiger partial charge is 0.306 e. The minimum atomic E-state index is -4.66. The van der Waals surface area contributed by atoms with Crippen LogP contribution >= 0.6 is 7.82 Å². The molecule has 338 valence electrons. The summed E-state index contributed by atoms with van der Waals surface area (Å²) in [5.74, 6) is -0.955. The number of likely N-dealkylation sites (N-methyl/N-ethyl adjacent to an activating group) is 1. The van der Waals surface area contributed by atoms with E-state index in [9.17, 15) is 24.2 Å². The Morgan fingerprint density at radius 3 is 1.64 bits per heavy atom. The molecule has 0 aliphatic rings. The molecule has 3 atom stereocenters. The highest BCUT2D eigenvalue weighted by atomic mass is 31.2. The van der Waals surface area contributed by atoms with Crippen molar-refractivity contribution < 1.29 is 47.2 Å². The van der Waals surface area contributed by atoms with Crippen LogP contribution in [0.2, 0.25) is 0 Å². The summed E-state index contributed by atoms with van der Waals surface area (Å²) < 4.78 is 33.8. The van der Waals surface area contributed by atoms with Crippen molar-refractivity contribution in [3.8, 4) is 0 Å². The van der Waals surface area contributed by atoms with Gasteiger partial charge < -0.3 is 33.0 Å². The van der Waals surface area contributed by atoms with E-state index < -0.39 is 32.5 Å². The lowest BCUT2D eigenvalue weighted by Gasteiger charge is -2.28. The van der Waals surface area contributed by atoms with Crippen molar-refractivity contribution in [2.75, 3.05) is 47.5 Å². The Hall–Kier alpha value is -2.85. The molecule has 0 heterocycles. The van der Waals surface area contributed by atoms with E-state index in [-0.39, 0.29) is 32.2 Å². The first kappa shape index (κ1) is 56.1. The molecule has 0 aromatic heterocycles. The first-order valence-corrected chi connectivity index (χ1v) is 23.8. The van der Waals surface area contributed by atoms with Gasteiger partial charge in [-0.2, -0.15) is 0 Å². The van der Waals surface area contributed by atoms with Crippen LogP contribution in [0, 0.1) is 0 Å². The Labute approximate surface area is 359 Å². The van der Waals surface area contributed by atoms with Crippen LogP contribution in [0.5, 0.6) is 0 Å². The van der Waals surface area contributed by atoms with Gasteiger partial charge in [-0.25, -0.2) is 0 Å². The topological polar surface area (TPSA) is 131 Å². The maximum absolute atomic E-state index is 12.7. The monoisotopic (exact) mass is 848 g/mol. The molecule has 0 rings (SSSR count). The number of phosphoric acid groups is 1. The largest absolute Gasteiger partial charge is 0.756 e. The molecule has 11 heteroatoms. The number of nitrogens with zero attached hydrogens (tertiary/aromatic N) is 1. The van der Waals surface area contributed by atoms with E-state index in [1.807, 2.05) is 33.3 Å². The number of aliphatic hydroxyl groups is 1. The Morgan fingerprint density at radius 1 is 0.610 bits per heavy atom. The highest BCUT2D eigenvalue weighted by molar-refractivity contribution is 7.45. The zero-order valence-corrected chi connectivity index (χ0v) is 38.4. The normalized spacial score (nSPS) is 14.9. The van der Waals surface area contributed by atoms with Gasteiger partial charge in [-0.05, 0) is 89.9 Å². The summed E-state index contributed by atoms with van der Waals surface area (Å²) in [5.41, 5.74) is 0. The summed E-state index contributed by atoms with van der Waals surface area (Å²) in [6, 6.07) is 0. The Bertz CT molecular complexity index is 1300. The summed E-state index contributed by atoms with van der Waals surface area (Å²) in [4.78, 5) is 37.5. The molecule has 10 nitrogen and oxygen atoms in total. The first-order valence-electron chi connectivity index (χ1n) is 22.4. The molecule has 1 N–H and O–H groups in total. The number of allylic oxidation sites excluding steroid dienone is 13. The van der Waals surface area contributed by atoms with Crippen LogP contribution in [0.1, 0.15) is 149 Å². The van der Waals surface area contributed by atoms with Gasteiger partial charge in [0.15, 0.2) is 6.10 Å². The molecule has 0 saturated carbocycles. The van der Waals surface area contributed by atoms with Gasteiger partial charge in [0.05, 0.1) is 33.9 Å². The van der Waals surface area contributed by atoms with E-state index in [2.05, 4.69) is 86.8 Å². The Kier molecular flexibility index (Phi) is 37.4. The molecule has 59 heavy (non-hydrogen) atoms. The lowest BCUT2D eigenvalue weighted by molar-refractivity contribution is -0.870. The number of rotatable bonds is 39. The van der Waals surface area contributed by atoms with E-state index in [0.29, 0.717) is 36.7 Å². The number of carbonyl (C=O) groups excluding carboxylic acids is 2. The molecule has 0 aliphatic carbocycles. The lowest BCUT2D eigenvalue weighted by atomic mass is 10.1. The van der Waals surface area contributed by atoms with Gasteiger partial charge in [-0.3, -0.25) is 14.2 Å². The van der Waals surface area contributed by atoms with Gasteiger partial charge in [-0.15, -0.1) is 0 Å². The fraction of sp³-hybridized carbons (Fsp3) is 0.667. The van der Waals surface area contributed by atoms with E-state index in [1.165, 1.54) is 25.7 Å². The van der Waals surface area contributed by atoms with Crippen molar-refractivity contribution in [2.45, 2.75) is 161 Å². The number of phosphoric ester groups is 1. The number of esters is 2. The maximum atomic E-state index is 12.7. The molecule has 0 spiro atoms. The Balaban J connectivity index is 4.53. The summed E-state index contributed by atoms with van der Waals surface area (Å²) >= 11 is 0. The molecule has 0 aromatic carbocycles. The van der Waals surface area contributed by atoms with Gasteiger partial charge in [0.2, 0.25) is 0 Å². The first-order chi connectivity index (χ1) is 28.4. The molecular formula is C48H82NO9P. The van der Waals surface area contributed by atoms with Crippen molar-refractivity contribution in [3.05, 3.63) is 85.1 Å². The molecule has 0 saturated heterocycles. The standard InChI is InChI=1S/C48H82NO9P/c1-6-8-9-10-11-12-13-14-15-16-17-20-24-27-30-33-36-40-48(52)58-46(44-57-59(53,54)56-42-41-49(3,4)5)43-55-47(51)39-35-32-29-26-23-21-18-19-22-25-28-31-34-38-45(50)37-7-2/h11-12,14-15,17-18,20-22,25-26,29,31,34,45-46,50H,6-10,13,16,19,23-24,27-28,30,32-33,35-44H2,1-5H3/b12-11-,15-14-,20-17-,21-18-,25-22-,29-26-,34-31-/t45?,46-/m1/s1. The van der Waals surface area contributed by atoms with Gasteiger partial charge in [0, 0.05) is 12.8 Å². The second-order valence-corrected chi connectivity index (χ2v) is 17.3. The van der Waals surface area contributed by atoms with Crippen LogP contribution < -0.4 is 4.89 Å². The quantitative estimate of drug-likeness (QED) is 0.0211. The fourth-order valence-electron chi connectivity index (χ4n) is 5.43. The average Bonchev–Trinajstić information content (AvgIpc) is 3.18. The van der Waals surface area contributed by atoms with Crippen LogP contribution in [0.3, 0.4) is 0 Å². The zero-order chi connectivity index (χ0) is 43.7. The SMILES string of the molecule is CCCCC/C=C\C/C=C\C/C=C\CCCCCCC(=O)O[C@H](COC(=O)CCC/C=C\C/C=C\C/C=C\C/C=C\CC(O)CCC)COP(=O)([O-])OCC[N+](C)(C)C. The number of hydrogen-bond donors (Lipinski definition) is 1. The molecule has 0 fully saturated rings. The number of ether oxygens (including phenoxy) is 2. The molecule has 0 radical (unpaired) electrons. The second kappa shape index (κ2) is 39.3. The van der Waals surface area contributed by atoms with Crippen molar-refractivity contribution in [3.63, 3.8) is 0 Å². The van der Waals surface area contributed by atoms with Crippen molar-refractivity contribution >= 4 is 19.8 Å². The zero-order valence-electron chi connectivity index (χ0n) is 37.5. The van der Waals surface area contributed by atoms with Crippen LogP contribution in [0.25, 0.3) is 0 Å². The minimum Gasteiger partial charge on any atom is -0.756 e. The fourth-order valence-corrected chi connectivity index (χ4v) is 6.16. The number of quaternary nitrogens is 1. The predicted octanol–water partition coefficient (Wildman–Crippen LogP) is 11.1. The van der Waals surface area contributed by atoms with Crippen LogP contribution in [0.4, 0.5) is 0 Å². The van der Waals surface area contributed by atoms with Crippen molar-refractivity contribution in [2.24, 2.45) is 0 Å². The van der Waals surface area contributed by atoms with E-state index in [1.54, 1.807) is 0 Å². The molecule has 0 amide bonds. The van der Waals surface area contributed by atoms with E-state index in [4.69, 9.17) is 18.5 Å². The minimum absolute atomic E-state index is 0.0549. The number of carbonyl (C=O) groups is 2. The predicted molar refractivity (Wildman–Crippen MR) is 242 cm³/mol. The summed E-state index contributed by atoms with van der Waals surface area (Å²) in [5, 5.41) is 9.73. The van der Waals surface area contributed by atoms with E-state index >= 15 is 0 Å². The van der Waals surface area contributed by atoms with Crippen molar-refractivity contribution in [1.29, 1.82) is 0 Å². The van der Waals surface area contributed by atoms with Crippen molar-refractivity contribution in [1.82, 2.24) is 0 Å². The average molecular weight is 848 g/mol. The van der Waals surface area contributed by atoms with Crippen LogP contribution in [-0.4, -0.2) is 81.2 Å². The van der Waals surface area contributed by atoms with Crippen LogP contribution in [-0.2, 0) is 32.7 Å². The third-order valence-corrected chi connectivity index (χ3v) is 9.91. The molecule has 0 bridgehead atoms. The van der Waals surface area contributed by atoms with Crippen LogP contribution in [0.15, 0.2) is 85.1 Å². The van der Waals surface area contributed by atoms with Gasteiger partial charge in [0.1, 0.15) is 19.8 Å². The second-order valence-electron chi connectivity index (χ2n) is 15.9. The number of unbranched alkanes of at least 4 members (excludes halogenated alkanes) is 8. The maximum Gasteiger partial charge on any atom is 0.306 e. The van der Waals surface area contributed by atoms with E-state index in [0.717, 1.165) is 70.6 Å². The van der Waals surface area contributed by atoms with Gasteiger partial charge in [0.25, 0.3) is 7.82 Å². The third kappa shape index (κ3) is 43.1. The number of aliphatic hydroxyl groups excluding tert-OH is 1. The highest BCUT2D eigenvalue weighted by Gasteiger charge is 2.21. The summed E-state index contributed by atoms with van der Waals surface area (Å²) in [6.45, 7) is 3.87. The summed E-state index contributed by atoms with van der Waals surface area (Å²) in [6.07, 6.45) is 46.8. The highest BCUT2D eigenvalue weighted by Crippen LogP contribution is 2.38. The summed E-state index contributed by atoms with van der Waals surface area (Å²) in [7, 11) is 1.08. The molecule has 0 aliphatic heterocycles. The number of hydrogen-bond acceptors (Lipinski definition) is 9. The molecule has 0 aromatic rings. The third-order valence-electron chi connectivity index (χ3n) is 8.94. The Morgan fingerprint density at radius 2 is 1.10 bits per heavy atom. The van der Waals surface area contributed by atoms with Gasteiger partial charge >= 0.3 is 11.9 Å². The van der Waals surface area contributed by atoms with Gasteiger partial charge in [-0.1, -0.05) is 131 Å². The molecule has 2 unspecified atom stereocenters. The lowest BCUT2D eigenvalue weighted by Crippen LogP contribution is -2.37.